The Balaban J connectivity index is 1.32. The van der Waals surface area contributed by atoms with Crippen LogP contribution in [0.4, 0.5) is 0 Å². The van der Waals surface area contributed by atoms with Crippen LogP contribution >= 0.6 is 11.8 Å². The van der Waals surface area contributed by atoms with E-state index in [4.69, 9.17) is 9.56 Å². The zero-order valence-corrected chi connectivity index (χ0v) is 20.8. The smallest absolute Gasteiger partial charge is 0.264 e. The average Bonchev–Trinajstić information content (AvgIpc) is 3.48. The molecule has 2 atom stereocenters. The fraction of sp³-hybridized carbons (Fsp3) is 0.375. The van der Waals surface area contributed by atoms with Crippen molar-refractivity contribution in [1.82, 2.24) is 5.32 Å². The molecular weight excluding hydrogens is 472 g/mol. The van der Waals surface area contributed by atoms with Crippen LogP contribution in [-0.2, 0) is 14.8 Å². The van der Waals surface area contributed by atoms with Gasteiger partial charge in [-0.2, -0.15) is 5.10 Å². The van der Waals surface area contributed by atoms with Gasteiger partial charge in [-0.15, -0.1) is 5.10 Å². The second-order valence-corrected chi connectivity index (χ2v) is 12.4. The summed E-state index contributed by atoms with van der Waals surface area (Å²) in [5, 5.41) is 17.3. The summed E-state index contributed by atoms with van der Waals surface area (Å²) in [6.45, 7) is 6.92. The molecule has 2 aromatic rings. The van der Waals surface area contributed by atoms with Gasteiger partial charge in [0.1, 0.15) is 11.5 Å². The first-order chi connectivity index (χ1) is 16.0. The monoisotopic (exact) mass is 498 g/mol. The van der Waals surface area contributed by atoms with Gasteiger partial charge in [0.15, 0.2) is 5.17 Å². The van der Waals surface area contributed by atoms with E-state index in [2.05, 4.69) is 36.3 Å². The van der Waals surface area contributed by atoms with Crippen LogP contribution in [0.3, 0.4) is 0 Å². The summed E-state index contributed by atoms with van der Waals surface area (Å²) in [5.74, 6) is 1.43. The van der Waals surface area contributed by atoms with Crippen LogP contribution < -0.4 is 10.5 Å². The largest absolute Gasteiger partial charge is 0.457 e. The van der Waals surface area contributed by atoms with E-state index in [1.165, 1.54) is 30.3 Å². The van der Waals surface area contributed by atoms with Crippen molar-refractivity contribution in [1.29, 1.82) is 0 Å². The van der Waals surface area contributed by atoms with E-state index in [1.54, 1.807) is 30.3 Å². The zero-order valence-electron chi connectivity index (χ0n) is 19.2. The Morgan fingerprint density at radius 2 is 1.88 bits per heavy atom. The van der Waals surface area contributed by atoms with Crippen molar-refractivity contribution in [2.24, 2.45) is 32.1 Å². The molecule has 0 radical (unpaired) electrons. The van der Waals surface area contributed by atoms with Crippen molar-refractivity contribution in [3.8, 4) is 11.3 Å². The number of hydrogen-bond acceptors (Lipinski definition) is 7. The zero-order chi connectivity index (χ0) is 24.3. The second kappa shape index (κ2) is 7.93. The molecule has 2 aliphatic carbocycles. The van der Waals surface area contributed by atoms with E-state index in [-0.39, 0.29) is 21.6 Å². The number of rotatable bonds is 4. The van der Waals surface area contributed by atoms with Crippen LogP contribution in [0.25, 0.3) is 17.4 Å². The number of amides is 1. The van der Waals surface area contributed by atoms with E-state index < -0.39 is 10.0 Å². The highest BCUT2D eigenvalue weighted by molar-refractivity contribution is 8.18. The van der Waals surface area contributed by atoms with Gasteiger partial charge >= 0.3 is 0 Å². The number of benzene rings is 1. The Morgan fingerprint density at radius 3 is 2.50 bits per heavy atom. The second-order valence-electron chi connectivity index (χ2n) is 9.78. The number of primary sulfonamides is 1. The molecule has 3 aliphatic rings. The summed E-state index contributed by atoms with van der Waals surface area (Å²) in [6.07, 6.45) is 4.98. The predicted octanol–water partition coefficient (Wildman–Crippen LogP) is 4.36. The topological polar surface area (TPSA) is 127 Å². The van der Waals surface area contributed by atoms with Gasteiger partial charge in [0.25, 0.3) is 5.91 Å². The number of hydrogen-bond donors (Lipinski definition) is 2. The maximum absolute atomic E-state index is 12.4. The first-order valence-electron chi connectivity index (χ1n) is 11.1. The minimum absolute atomic E-state index is 0.0301. The number of nitrogens with zero attached hydrogens (tertiary/aromatic N) is 2. The Hall–Kier alpha value is -2.69. The Kier molecular flexibility index (Phi) is 5.38. The molecule has 2 heterocycles. The lowest BCUT2D eigenvalue weighted by molar-refractivity contribution is -0.115. The normalized spacial score (nSPS) is 29.5. The van der Waals surface area contributed by atoms with Crippen molar-refractivity contribution in [3.63, 3.8) is 0 Å². The first kappa shape index (κ1) is 23.1. The van der Waals surface area contributed by atoms with Crippen LogP contribution in [0.1, 0.15) is 45.8 Å². The Bertz CT molecular complexity index is 1370. The van der Waals surface area contributed by atoms with Crippen LogP contribution in [0, 0.1) is 16.7 Å². The average molecular weight is 499 g/mol. The number of nitrogens with one attached hydrogen (secondary N) is 1. The molecule has 1 amide bonds. The number of furan rings is 1. The Labute approximate surface area is 202 Å². The highest BCUT2D eigenvalue weighted by Crippen LogP contribution is 2.64. The number of sulfonamides is 1. The number of carbonyl (C=O) groups excluding carboxylic acids is 1. The maximum Gasteiger partial charge on any atom is 0.264 e. The molecule has 0 spiro atoms. The summed E-state index contributed by atoms with van der Waals surface area (Å²) in [5.41, 5.74) is 2.10. The summed E-state index contributed by atoms with van der Waals surface area (Å²) < 4.78 is 28.7. The standard InChI is InChI=1S/C24H26N4O4S2/c1-23(2)15-10-11-24(23,3)20(12-15)27-28-22-26-21(29)19(33-22)13-16-6-9-18(32-16)14-4-7-17(8-5-14)34(25,30)31/h4-9,13,15H,10-12H2,1-3H3,(H2,25,30,31)(H,26,28,29)/b19-13-,27-20+. The third kappa shape index (κ3) is 3.83. The molecule has 3 N–H and O–H groups in total. The molecule has 1 aromatic carbocycles. The molecule has 2 bridgehead atoms. The van der Waals surface area contributed by atoms with Crippen LogP contribution in [0.15, 0.2) is 60.8 Å². The van der Waals surface area contributed by atoms with E-state index in [0.717, 1.165) is 18.6 Å². The van der Waals surface area contributed by atoms with Gasteiger partial charge in [0.05, 0.1) is 9.80 Å². The molecule has 178 valence electrons. The first-order valence-corrected chi connectivity index (χ1v) is 13.4. The molecule has 10 heteroatoms. The molecule has 8 nitrogen and oxygen atoms in total. The van der Waals surface area contributed by atoms with Gasteiger partial charge in [-0.05, 0) is 78.8 Å². The van der Waals surface area contributed by atoms with Gasteiger partial charge < -0.3 is 4.42 Å². The molecule has 2 unspecified atom stereocenters. The molecule has 34 heavy (non-hydrogen) atoms. The minimum Gasteiger partial charge on any atom is -0.457 e. The van der Waals surface area contributed by atoms with Gasteiger partial charge in [0, 0.05) is 22.8 Å². The molecule has 3 fully saturated rings. The third-order valence-corrected chi connectivity index (χ3v) is 9.62. The van der Waals surface area contributed by atoms with Crippen LogP contribution in [0.5, 0.6) is 0 Å². The summed E-state index contributed by atoms with van der Waals surface area (Å²) in [4.78, 5) is 12.9. The number of thioether (sulfide) groups is 1. The maximum atomic E-state index is 12.4. The molecule has 5 rings (SSSR count). The number of amidine groups is 1. The van der Waals surface area contributed by atoms with Crippen LogP contribution in [-0.4, -0.2) is 25.2 Å². The van der Waals surface area contributed by atoms with Gasteiger partial charge in [0.2, 0.25) is 10.0 Å². The lowest BCUT2D eigenvalue weighted by atomic mass is 9.70. The molecular formula is C24H26N4O4S2. The number of fused-ring (bicyclic) bond motifs is 2. The van der Waals surface area contributed by atoms with Crippen molar-refractivity contribution in [2.75, 3.05) is 0 Å². The van der Waals surface area contributed by atoms with Crippen molar-refractivity contribution in [2.45, 2.75) is 44.9 Å². The fourth-order valence-electron chi connectivity index (χ4n) is 5.18. The molecule has 1 saturated heterocycles. The Morgan fingerprint density at radius 1 is 1.15 bits per heavy atom. The minimum atomic E-state index is -3.75. The lowest BCUT2D eigenvalue weighted by Crippen LogP contribution is -2.32. The van der Waals surface area contributed by atoms with Crippen LogP contribution in [0.2, 0.25) is 0 Å². The number of carbonyl (C=O) groups is 1. The number of nitrogens with two attached hydrogens (primary N) is 1. The van der Waals surface area contributed by atoms with Crippen molar-refractivity contribution in [3.05, 3.63) is 47.1 Å². The fourth-order valence-corrected chi connectivity index (χ4v) is 6.45. The third-order valence-electron chi connectivity index (χ3n) is 7.79. The summed E-state index contributed by atoms with van der Waals surface area (Å²) in [7, 11) is -3.75. The van der Waals surface area contributed by atoms with E-state index in [1.807, 2.05) is 0 Å². The van der Waals surface area contributed by atoms with E-state index in [9.17, 15) is 13.2 Å². The van der Waals surface area contributed by atoms with E-state index in [0.29, 0.717) is 33.1 Å². The SMILES string of the molecule is CC12CCC(C/C1=N\N=C1/NC(=O)/C(=C/c3ccc(-c4ccc(S(N)(=O)=O)cc4)o3)S1)C2(C)C. The van der Waals surface area contributed by atoms with Gasteiger partial charge in [-0.3, -0.25) is 10.1 Å². The van der Waals surface area contributed by atoms with Crippen molar-refractivity contribution < 1.29 is 17.6 Å². The summed E-state index contributed by atoms with van der Waals surface area (Å²) in [6, 6.07) is 9.59. The highest BCUT2D eigenvalue weighted by Gasteiger charge is 2.60. The quantitative estimate of drug-likeness (QED) is 0.478. The van der Waals surface area contributed by atoms with E-state index >= 15 is 0 Å². The summed E-state index contributed by atoms with van der Waals surface area (Å²) >= 11 is 1.23. The molecule has 1 aromatic heterocycles. The van der Waals surface area contributed by atoms with Gasteiger partial charge in [-0.25, -0.2) is 13.6 Å². The van der Waals surface area contributed by atoms with Gasteiger partial charge in [-0.1, -0.05) is 20.8 Å². The molecule has 1 aliphatic heterocycles. The lowest BCUT2D eigenvalue weighted by Gasteiger charge is -2.34. The van der Waals surface area contributed by atoms with Crippen molar-refractivity contribution >= 4 is 44.6 Å². The molecule has 2 saturated carbocycles. The predicted molar refractivity (Wildman–Crippen MR) is 133 cm³/mol. The highest BCUT2D eigenvalue weighted by atomic mass is 32.2.